The summed E-state index contributed by atoms with van der Waals surface area (Å²) in [6.07, 6.45) is 2.05. The fourth-order valence-electron chi connectivity index (χ4n) is 1.53. The lowest BCUT2D eigenvalue weighted by Gasteiger charge is -2.23. The van der Waals surface area contributed by atoms with Gasteiger partial charge in [0.05, 0.1) is 25.4 Å². The van der Waals surface area contributed by atoms with E-state index < -0.39 is 0 Å². The molecule has 0 aromatic rings. The Hall–Kier alpha value is -0.0800. The largest absolute Gasteiger partial charge is 0.375 e. The monoisotopic (exact) mass is 128 g/mol. The topological polar surface area (TPSA) is 18.5 Å². The lowest BCUT2D eigenvalue weighted by molar-refractivity contribution is 0.00445. The van der Waals surface area contributed by atoms with E-state index in [1.807, 2.05) is 0 Å². The highest BCUT2D eigenvalue weighted by Crippen LogP contribution is 2.28. The number of rotatable bonds is 0. The van der Waals surface area contributed by atoms with Crippen LogP contribution in [0.15, 0.2) is 0 Å². The molecule has 0 radical (unpaired) electrons. The van der Waals surface area contributed by atoms with Crippen LogP contribution in [0.1, 0.15) is 13.3 Å². The zero-order valence-corrected chi connectivity index (χ0v) is 5.67. The van der Waals surface area contributed by atoms with Crippen LogP contribution in [0, 0.1) is 5.92 Å². The molecular formula is C7H12O2. The predicted octanol–water partition coefficient (Wildman–Crippen LogP) is 0.810. The Morgan fingerprint density at radius 1 is 1.22 bits per heavy atom. The highest BCUT2D eigenvalue weighted by atomic mass is 16.6. The molecule has 52 valence electrons. The van der Waals surface area contributed by atoms with Gasteiger partial charge >= 0.3 is 0 Å². The van der Waals surface area contributed by atoms with Crippen molar-refractivity contribution in [3.05, 3.63) is 0 Å². The van der Waals surface area contributed by atoms with Crippen molar-refractivity contribution in [1.29, 1.82) is 0 Å². The van der Waals surface area contributed by atoms with Crippen LogP contribution in [-0.4, -0.2) is 25.4 Å². The molecule has 2 fully saturated rings. The van der Waals surface area contributed by atoms with E-state index in [0.29, 0.717) is 18.1 Å². The molecule has 2 saturated heterocycles. The number of hydrogen-bond donors (Lipinski definition) is 0. The van der Waals surface area contributed by atoms with Gasteiger partial charge in [-0.1, -0.05) is 6.92 Å². The van der Waals surface area contributed by atoms with Crippen molar-refractivity contribution in [3.63, 3.8) is 0 Å². The van der Waals surface area contributed by atoms with Crippen molar-refractivity contribution >= 4 is 0 Å². The van der Waals surface area contributed by atoms with Crippen LogP contribution in [0.4, 0.5) is 0 Å². The van der Waals surface area contributed by atoms with E-state index in [9.17, 15) is 0 Å². The number of ether oxygens (including phenoxy) is 2. The minimum atomic E-state index is 0.422. The molecule has 2 nitrogen and oxygen atoms in total. The normalized spacial score (nSPS) is 49.7. The highest BCUT2D eigenvalue weighted by molar-refractivity contribution is 4.82. The molecular weight excluding hydrogens is 116 g/mol. The molecule has 0 aromatic carbocycles. The van der Waals surface area contributed by atoms with Crippen molar-refractivity contribution in [2.24, 2.45) is 5.92 Å². The third-order valence-corrected chi connectivity index (χ3v) is 2.22. The second kappa shape index (κ2) is 1.96. The van der Waals surface area contributed by atoms with Crippen LogP contribution in [0.2, 0.25) is 0 Å². The van der Waals surface area contributed by atoms with Crippen LogP contribution >= 0.6 is 0 Å². The van der Waals surface area contributed by atoms with Crippen molar-refractivity contribution < 1.29 is 9.47 Å². The molecule has 2 heterocycles. The van der Waals surface area contributed by atoms with Gasteiger partial charge in [0.2, 0.25) is 0 Å². The summed E-state index contributed by atoms with van der Waals surface area (Å²) < 4.78 is 10.9. The van der Waals surface area contributed by atoms with Crippen LogP contribution < -0.4 is 0 Å². The molecule has 3 atom stereocenters. The van der Waals surface area contributed by atoms with Crippen LogP contribution in [0.5, 0.6) is 0 Å². The van der Waals surface area contributed by atoms with Gasteiger partial charge in [-0.3, -0.25) is 0 Å². The smallest absolute Gasteiger partial charge is 0.0833 e. The quantitative estimate of drug-likeness (QED) is 0.480. The summed E-state index contributed by atoms with van der Waals surface area (Å²) in [5.41, 5.74) is 0. The van der Waals surface area contributed by atoms with E-state index in [1.165, 1.54) is 0 Å². The first-order valence-corrected chi connectivity index (χ1v) is 3.59. The van der Waals surface area contributed by atoms with Gasteiger partial charge in [0.15, 0.2) is 0 Å². The van der Waals surface area contributed by atoms with Crippen molar-refractivity contribution in [2.45, 2.75) is 25.6 Å². The molecule has 2 bridgehead atoms. The molecule has 2 aliphatic rings. The van der Waals surface area contributed by atoms with Gasteiger partial charge in [0.25, 0.3) is 0 Å². The summed E-state index contributed by atoms with van der Waals surface area (Å²) in [5.74, 6) is 0.615. The third-order valence-electron chi connectivity index (χ3n) is 2.22. The summed E-state index contributed by atoms with van der Waals surface area (Å²) in [7, 11) is 0. The third kappa shape index (κ3) is 0.864. The van der Waals surface area contributed by atoms with E-state index in [2.05, 4.69) is 6.92 Å². The molecule has 2 aliphatic heterocycles. The SMILES string of the molecule is CC1COC2COC1C2. The van der Waals surface area contributed by atoms with Gasteiger partial charge in [-0.05, 0) is 0 Å². The summed E-state index contributed by atoms with van der Waals surface area (Å²) in [5, 5.41) is 0. The molecule has 3 unspecified atom stereocenters. The van der Waals surface area contributed by atoms with Gasteiger partial charge in [0.1, 0.15) is 0 Å². The first kappa shape index (κ1) is 5.69. The summed E-state index contributed by atoms with van der Waals surface area (Å²) >= 11 is 0. The summed E-state index contributed by atoms with van der Waals surface area (Å²) in [6, 6.07) is 0. The van der Waals surface area contributed by atoms with Crippen molar-refractivity contribution in [2.75, 3.05) is 13.2 Å². The molecule has 2 rings (SSSR count). The Morgan fingerprint density at radius 2 is 2.11 bits per heavy atom. The molecule has 0 saturated carbocycles. The first-order valence-electron chi connectivity index (χ1n) is 3.59. The summed E-state index contributed by atoms with van der Waals surface area (Å²) in [6.45, 7) is 3.91. The molecule has 0 aromatic heterocycles. The van der Waals surface area contributed by atoms with Gasteiger partial charge < -0.3 is 9.47 Å². The highest BCUT2D eigenvalue weighted by Gasteiger charge is 2.34. The Kier molecular flexibility index (Phi) is 1.24. The Labute approximate surface area is 55.1 Å². The fraction of sp³-hybridized carbons (Fsp3) is 1.00. The van der Waals surface area contributed by atoms with Gasteiger partial charge in [0, 0.05) is 12.3 Å². The minimum Gasteiger partial charge on any atom is -0.375 e. The standard InChI is InChI=1S/C7H12O2/c1-5-3-8-6-2-7(5)9-4-6/h5-7H,2-4H2,1H3. The molecule has 0 amide bonds. The zero-order chi connectivity index (χ0) is 6.27. The van der Waals surface area contributed by atoms with Gasteiger partial charge in [-0.25, -0.2) is 0 Å². The van der Waals surface area contributed by atoms with E-state index in [1.54, 1.807) is 0 Å². The minimum absolute atomic E-state index is 0.422. The lowest BCUT2D eigenvalue weighted by Crippen LogP contribution is -2.28. The van der Waals surface area contributed by atoms with Gasteiger partial charge in [-0.15, -0.1) is 0 Å². The first-order chi connectivity index (χ1) is 4.36. The van der Waals surface area contributed by atoms with Crippen LogP contribution in [0.3, 0.4) is 0 Å². The molecule has 0 spiro atoms. The maximum absolute atomic E-state index is 5.46. The maximum atomic E-state index is 5.46. The van der Waals surface area contributed by atoms with E-state index in [4.69, 9.17) is 9.47 Å². The Morgan fingerprint density at radius 3 is 2.89 bits per heavy atom. The van der Waals surface area contributed by atoms with E-state index in [-0.39, 0.29) is 0 Å². The van der Waals surface area contributed by atoms with E-state index >= 15 is 0 Å². The molecule has 0 N–H and O–H groups in total. The van der Waals surface area contributed by atoms with Crippen LogP contribution in [-0.2, 0) is 9.47 Å². The second-order valence-electron chi connectivity index (χ2n) is 3.04. The Bertz CT molecular complexity index is 113. The molecule has 0 aliphatic carbocycles. The maximum Gasteiger partial charge on any atom is 0.0833 e. The molecule has 9 heavy (non-hydrogen) atoms. The van der Waals surface area contributed by atoms with E-state index in [0.717, 1.165) is 19.6 Å². The fourth-order valence-corrected chi connectivity index (χ4v) is 1.53. The predicted molar refractivity (Wildman–Crippen MR) is 33.3 cm³/mol. The lowest BCUT2D eigenvalue weighted by atomic mass is 10.00. The Balaban J connectivity index is 2.05. The number of hydrogen-bond acceptors (Lipinski definition) is 2. The molecule has 2 heteroatoms. The van der Waals surface area contributed by atoms with Crippen LogP contribution in [0.25, 0.3) is 0 Å². The zero-order valence-electron chi connectivity index (χ0n) is 5.67. The number of fused-ring (bicyclic) bond motifs is 2. The second-order valence-corrected chi connectivity index (χ2v) is 3.04. The van der Waals surface area contributed by atoms with Gasteiger partial charge in [-0.2, -0.15) is 0 Å². The van der Waals surface area contributed by atoms with Crippen molar-refractivity contribution in [3.8, 4) is 0 Å². The van der Waals surface area contributed by atoms with Crippen molar-refractivity contribution in [1.82, 2.24) is 0 Å². The summed E-state index contributed by atoms with van der Waals surface area (Å²) in [4.78, 5) is 0. The average Bonchev–Trinajstić information content (AvgIpc) is 2.25. The average molecular weight is 128 g/mol.